The van der Waals surface area contributed by atoms with Gasteiger partial charge in [-0.2, -0.15) is 13.2 Å². The van der Waals surface area contributed by atoms with Crippen LogP contribution in [0.3, 0.4) is 0 Å². The van der Waals surface area contributed by atoms with Crippen molar-refractivity contribution in [3.63, 3.8) is 0 Å². The molecule has 1 N–H and O–H groups in total. The summed E-state index contributed by atoms with van der Waals surface area (Å²) in [6.45, 7) is 0. The van der Waals surface area contributed by atoms with Gasteiger partial charge in [0.2, 0.25) is 0 Å². The van der Waals surface area contributed by atoms with E-state index in [0.29, 0.717) is 30.4 Å². The lowest BCUT2D eigenvalue weighted by Crippen LogP contribution is -2.08. The Kier molecular flexibility index (Phi) is 3.70. The van der Waals surface area contributed by atoms with E-state index in [4.69, 9.17) is 5.11 Å². The van der Waals surface area contributed by atoms with Crippen molar-refractivity contribution in [3.05, 3.63) is 45.5 Å². The van der Waals surface area contributed by atoms with E-state index >= 15 is 0 Å². The molecule has 0 fully saturated rings. The summed E-state index contributed by atoms with van der Waals surface area (Å²) in [6.07, 6.45) is -3.57. The fraction of sp³-hybridized carbons (Fsp3) is 0.100. The third kappa shape index (κ3) is 3.30. The van der Waals surface area contributed by atoms with E-state index in [-0.39, 0.29) is 0 Å². The van der Waals surface area contributed by atoms with Crippen LogP contribution in [-0.4, -0.2) is 16.0 Å². The topological polar surface area (TPSA) is 80.4 Å². The molecule has 0 saturated carbocycles. The minimum atomic E-state index is -4.71. The minimum absolute atomic E-state index is 0.480. The van der Waals surface area contributed by atoms with E-state index in [1.54, 1.807) is 0 Å². The minimum Gasteiger partial charge on any atom is -0.478 e. The van der Waals surface area contributed by atoms with Crippen molar-refractivity contribution in [2.45, 2.75) is 6.18 Å². The molecule has 0 bridgehead atoms. The summed E-state index contributed by atoms with van der Waals surface area (Å²) >= 11 is 0. The van der Waals surface area contributed by atoms with Crippen molar-refractivity contribution in [1.29, 1.82) is 0 Å². The summed E-state index contributed by atoms with van der Waals surface area (Å²) in [6, 6.07) is 1.92. The van der Waals surface area contributed by atoms with Crippen LogP contribution in [0.15, 0.2) is 24.3 Å². The number of alkyl halides is 3. The van der Waals surface area contributed by atoms with Crippen molar-refractivity contribution in [1.82, 2.24) is 0 Å². The molecule has 0 aliphatic carbocycles. The normalized spacial score (nSPS) is 11.7. The highest BCUT2D eigenvalue weighted by atomic mass is 19.4. The highest BCUT2D eigenvalue weighted by Crippen LogP contribution is 2.34. The van der Waals surface area contributed by atoms with Gasteiger partial charge in [0.25, 0.3) is 5.69 Å². The Morgan fingerprint density at radius 2 is 2.00 bits per heavy atom. The Balaban J connectivity index is 3.36. The van der Waals surface area contributed by atoms with E-state index in [9.17, 15) is 28.1 Å². The number of nitrogens with zero attached hydrogens (tertiary/aromatic N) is 1. The fourth-order valence-electron chi connectivity index (χ4n) is 1.22. The number of rotatable bonds is 3. The van der Waals surface area contributed by atoms with Crippen molar-refractivity contribution >= 4 is 17.7 Å². The van der Waals surface area contributed by atoms with E-state index in [2.05, 4.69) is 0 Å². The lowest BCUT2D eigenvalue weighted by molar-refractivity contribution is -0.384. The number of aliphatic carboxylic acids is 1. The first kappa shape index (κ1) is 13.7. The maximum atomic E-state index is 12.6. The summed E-state index contributed by atoms with van der Waals surface area (Å²) in [5, 5.41) is 18.8. The molecule has 0 aliphatic rings. The molecule has 18 heavy (non-hydrogen) atoms. The fourth-order valence-corrected chi connectivity index (χ4v) is 1.22. The molecule has 0 heterocycles. The van der Waals surface area contributed by atoms with Gasteiger partial charge < -0.3 is 5.11 Å². The zero-order valence-electron chi connectivity index (χ0n) is 8.64. The Morgan fingerprint density at radius 1 is 1.39 bits per heavy atom. The van der Waals surface area contributed by atoms with Gasteiger partial charge in [-0.25, -0.2) is 4.79 Å². The predicted octanol–water partition coefficient (Wildman–Crippen LogP) is 2.71. The van der Waals surface area contributed by atoms with Gasteiger partial charge in [0, 0.05) is 18.2 Å². The van der Waals surface area contributed by atoms with Gasteiger partial charge in [-0.15, -0.1) is 0 Å². The van der Waals surface area contributed by atoms with Crippen LogP contribution < -0.4 is 0 Å². The Hall–Kier alpha value is -2.38. The number of halogens is 3. The van der Waals surface area contributed by atoms with Gasteiger partial charge in [0.1, 0.15) is 0 Å². The molecule has 5 nitrogen and oxygen atoms in total. The van der Waals surface area contributed by atoms with Crippen molar-refractivity contribution in [2.24, 2.45) is 0 Å². The first-order chi connectivity index (χ1) is 8.21. The molecule has 1 aromatic carbocycles. The third-order valence-electron chi connectivity index (χ3n) is 1.96. The lowest BCUT2D eigenvalue weighted by Gasteiger charge is -2.09. The number of non-ortho nitro benzene ring substituents is 1. The summed E-state index contributed by atoms with van der Waals surface area (Å²) in [7, 11) is 0. The van der Waals surface area contributed by atoms with Crippen LogP contribution in [-0.2, 0) is 11.0 Å². The lowest BCUT2D eigenvalue weighted by atomic mass is 10.1. The Morgan fingerprint density at radius 3 is 2.44 bits per heavy atom. The molecule has 1 aromatic rings. The van der Waals surface area contributed by atoms with Gasteiger partial charge >= 0.3 is 12.1 Å². The van der Waals surface area contributed by atoms with Crippen molar-refractivity contribution in [3.8, 4) is 0 Å². The van der Waals surface area contributed by atoms with Gasteiger partial charge in [-0.3, -0.25) is 10.1 Å². The SMILES string of the molecule is O=C(O)/C=C/c1cc([N+](=O)[O-])ccc1C(F)(F)F. The summed E-state index contributed by atoms with van der Waals surface area (Å²) in [5.41, 5.74) is -2.25. The van der Waals surface area contributed by atoms with E-state index in [1.807, 2.05) is 0 Å². The highest BCUT2D eigenvalue weighted by Gasteiger charge is 2.33. The molecule has 0 saturated heterocycles. The van der Waals surface area contributed by atoms with Crippen LogP contribution >= 0.6 is 0 Å². The van der Waals surface area contributed by atoms with Crippen LogP contribution in [0.1, 0.15) is 11.1 Å². The van der Waals surface area contributed by atoms with Crippen molar-refractivity contribution in [2.75, 3.05) is 0 Å². The number of carboxylic acid groups (broad SMARTS) is 1. The average molecular weight is 261 g/mol. The maximum absolute atomic E-state index is 12.6. The second-order valence-electron chi connectivity index (χ2n) is 3.20. The standard InChI is InChI=1S/C10H6F3NO4/c11-10(12,13)8-3-2-7(14(17)18)5-6(8)1-4-9(15)16/h1-5H,(H,15,16)/b4-1+. The largest absolute Gasteiger partial charge is 0.478 e. The molecule has 0 aromatic heterocycles. The number of hydrogen-bond acceptors (Lipinski definition) is 3. The molecule has 0 spiro atoms. The van der Waals surface area contributed by atoms with E-state index in [0.717, 1.165) is 0 Å². The van der Waals surface area contributed by atoms with Gasteiger partial charge in [0.05, 0.1) is 10.5 Å². The second-order valence-corrected chi connectivity index (χ2v) is 3.20. The maximum Gasteiger partial charge on any atom is 0.416 e. The molecule has 0 unspecified atom stereocenters. The van der Waals surface area contributed by atoms with Crippen LogP contribution in [0.4, 0.5) is 18.9 Å². The second kappa shape index (κ2) is 4.86. The summed E-state index contributed by atoms with van der Waals surface area (Å²) in [5.74, 6) is -1.45. The molecule has 0 amide bonds. The number of nitro groups is 1. The molecule has 1 rings (SSSR count). The van der Waals surface area contributed by atoms with Gasteiger partial charge in [-0.05, 0) is 17.7 Å². The van der Waals surface area contributed by atoms with Crippen LogP contribution in [0, 0.1) is 10.1 Å². The van der Waals surface area contributed by atoms with E-state index < -0.39 is 33.9 Å². The number of benzene rings is 1. The molecule has 96 valence electrons. The molecule has 0 aliphatic heterocycles. The quantitative estimate of drug-likeness (QED) is 0.515. The number of nitro benzene ring substituents is 1. The van der Waals surface area contributed by atoms with E-state index in [1.165, 1.54) is 0 Å². The highest BCUT2D eigenvalue weighted by molar-refractivity contribution is 5.85. The monoisotopic (exact) mass is 261 g/mol. The molecular formula is C10H6F3NO4. The third-order valence-corrected chi connectivity index (χ3v) is 1.96. The molecule has 0 atom stereocenters. The number of carbonyl (C=O) groups is 1. The molecule has 8 heteroatoms. The molecular weight excluding hydrogens is 255 g/mol. The van der Waals surface area contributed by atoms with Gasteiger partial charge in [0.15, 0.2) is 0 Å². The summed E-state index contributed by atoms with van der Waals surface area (Å²) < 4.78 is 37.7. The first-order valence-corrected chi connectivity index (χ1v) is 4.48. The first-order valence-electron chi connectivity index (χ1n) is 4.48. The zero-order chi connectivity index (χ0) is 13.9. The molecule has 0 radical (unpaired) electrons. The number of hydrogen-bond donors (Lipinski definition) is 1. The van der Waals surface area contributed by atoms with Gasteiger partial charge in [-0.1, -0.05) is 0 Å². The van der Waals surface area contributed by atoms with Crippen LogP contribution in [0.5, 0.6) is 0 Å². The Bertz CT molecular complexity index is 522. The zero-order valence-corrected chi connectivity index (χ0v) is 8.64. The summed E-state index contributed by atoms with van der Waals surface area (Å²) in [4.78, 5) is 19.8. The number of carboxylic acids is 1. The van der Waals surface area contributed by atoms with Crippen LogP contribution in [0.25, 0.3) is 6.08 Å². The smallest absolute Gasteiger partial charge is 0.416 e. The van der Waals surface area contributed by atoms with Crippen molar-refractivity contribution < 1.29 is 28.0 Å². The predicted molar refractivity (Wildman–Crippen MR) is 54.8 cm³/mol. The Labute approximate surface area is 98.3 Å². The average Bonchev–Trinajstić information content (AvgIpc) is 2.24. The van der Waals surface area contributed by atoms with Crippen LogP contribution in [0.2, 0.25) is 0 Å².